The number of nitrogens with one attached hydrogen (secondary N) is 1. The highest BCUT2D eigenvalue weighted by Crippen LogP contribution is 2.37. The third kappa shape index (κ3) is 5.83. The molecular weight excluding hydrogens is 544 g/mol. The van der Waals surface area contributed by atoms with Crippen LogP contribution in [-0.2, 0) is 26.1 Å². The molecule has 0 unspecified atom stereocenters. The van der Waals surface area contributed by atoms with Crippen molar-refractivity contribution < 1.29 is 27.8 Å². The van der Waals surface area contributed by atoms with Gasteiger partial charge in [-0.05, 0) is 43.0 Å². The van der Waals surface area contributed by atoms with E-state index in [0.717, 1.165) is 42.5 Å². The van der Waals surface area contributed by atoms with Gasteiger partial charge >= 0.3 is 0 Å². The van der Waals surface area contributed by atoms with Crippen LogP contribution in [0.2, 0.25) is 0 Å². The topological polar surface area (TPSA) is 112 Å². The number of aliphatic hydroxyl groups excluding tert-OH is 1. The summed E-state index contributed by atoms with van der Waals surface area (Å²) in [6.07, 6.45) is 1.19. The molecule has 11 heteroatoms. The third-order valence-corrected chi connectivity index (χ3v) is 11.0. The van der Waals surface area contributed by atoms with Gasteiger partial charge in [0.1, 0.15) is 16.7 Å². The maximum Gasteiger partial charge on any atom is 0.247 e. The number of hydrogen-bond acceptors (Lipinski definition) is 8. The molecule has 0 aliphatic carbocycles. The molecule has 0 radical (unpaired) electrons. The molecule has 10 nitrogen and oxygen atoms in total. The Morgan fingerprint density at radius 1 is 1.02 bits per heavy atom. The number of piperidine rings is 1. The average molecular weight is 585 g/mol. The Kier molecular flexibility index (Phi) is 7.99. The molecule has 4 aliphatic rings. The Morgan fingerprint density at radius 2 is 1.78 bits per heavy atom. The molecule has 1 amide bonds. The highest BCUT2D eigenvalue weighted by atomic mass is 32.2. The summed E-state index contributed by atoms with van der Waals surface area (Å²) >= 11 is 0. The molecule has 2 N–H and O–H groups in total. The van der Waals surface area contributed by atoms with Gasteiger partial charge in [0, 0.05) is 69.4 Å². The second-order valence-electron chi connectivity index (χ2n) is 11.8. The fraction of sp³-hybridized carbons (Fsp3) is 0.567. The number of carbonyl (C=O) groups excluding carboxylic acids is 1. The first-order chi connectivity index (χ1) is 19.7. The van der Waals surface area contributed by atoms with Gasteiger partial charge in [-0.2, -0.15) is 4.31 Å². The van der Waals surface area contributed by atoms with Gasteiger partial charge < -0.3 is 24.8 Å². The highest BCUT2D eigenvalue weighted by Gasteiger charge is 2.47. The van der Waals surface area contributed by atoms with Gasteiger partial charge in [-0.25, -0.2) is 8.42 Å². The number of benzene rings is 2. The van der Waals surface area contributed by atoms with Crippen LogP contribution in [0.25, 0.3) is 0 Å². The first-order valence-corrected chi connectivity index (χ1v) is 16.1. The number of amides is 1. The van der Waals surface area contributed by atoms with E-state index < -0.39 is 27.7 Å². The first-order valence-electron chi connectivity index (χ1n) is 14.6. The fourth-order valence-corrected chi connectivity index (χ4v) is 8.31. The van der Waals surface area contributed by atoms with Crippen LogP contribution in [0.5, 0.6) is 5.75 Å². The number of morpholine rings is 1. The number of nitrogens with zero attached hydrogens (tertiary/aromatic N) is 3. The van der Waals surface area contributed by atoms with Crippen LogP contribution in [0.3, 0.4) is 0 Å². The van der Waals surface area contributed by atoms with E-state index in [-0.39, 0.29) is 36.1 Å². The molecule has 0 aromatic heterocycles. The lowest BCUT2D eigenvalue weighted by Gasteiger charge is -2.43. The van der Waals surface area contributed by atoms with Crippen molar-refractivity contribution in [3.05, 3.63) is 53.6 Å². The minimum atomic E-state index is -4.10. The van der Waals surface area contributed by atoms with Gasteiger partial charge in [0.2, 0.25) is 15.9 Å². The number of anilines is 1. The van der Waals surface area contributed by atoms with Crippen LogP contribution in [0.15, 0.2) is 47.4 Å². The molecule has 0 saturated carbocycles. The second kappa shape index (κ2) is 11.5. The van der Waals surface area contributed by atoms with Gasteiger partial charge in [-0.15, -0.1) is 0 Å². The van der Waals surface area contributed by atoms with Crippen LogP contribution in [0.1, 0.15) is 36.8 Å². The summed E-state index contributed by atoms with van der Waals surface area (Å²) in [6, 6.07) is 12.6. The van der Waals surface area contributed by atoms with Crippen LogP contribution < -0.4 is 15.0 Å². The lowest BCUT2D eigenvalue weighted by atomic mass is 9.84. The molecule has 41 heavy (non-hydrogen) atoms. The highest BCUT2D eigenvalue weighted by molar-refractivity contribution is 7.89. The predicted molar refractivity (Wildman–Crippen MR) is 154 cm³/mol. The molecule has 3 fully saturated rings. The number of hydrogen-bond donors (Lipinski definition) is 2. The van der Waals surface area contributed by atoms with Crippen molar-refractivity contribution in [3.8, 4) is 5.75 Å². The van der Waals surface area contributed by atoms with E-state index in [9.17, 15) is 18.3 Å². The molecule has 1 spiro atoms. The SMILES string of the molecule is Cc1ccccc1CN1CCC2(CCOc3cc(N4CCOCC4)ccc3S(=O)(=O)N3C[C@H](O)C[C@H]3C(=O)N2)CC1. The summed E-state index contributed by atoms with van der Waals surface area (Å²) in [7, 11) is -4.10. The van der Waals surface area contributed by atoms with Gasteiger partial charge in [-0.1, -0.05) is 24.3 Å². The third-order valence-electron chi connectivity index (χ3n) is 9.12. The van der Waals surface area contributed by atoms with Crippen molar-refractivity contribution in [2.75, 3.05) is 57.4 Å². The van der Waals surface area contributed by atoms with Crippen molar-refractivity contribution in [1.82, 2.24) is 14.5 Å². The quantitative estimate of drug-likeness (QED) is 0.563. The normalized spacial score (nSPS) is 26.9. The standard InChI is InChI=1S/C30H40N4O6S/c1-22-4-2-3-5-23(22)20-32-11-8-30(9-12-32)10-15-40-27-18-24(33-13-16-39-17-14-33)6-7-28(27)41(37,38)34-21-25(35)19-26(34)29(36)31-30/h2-7,18,25-26,35H,8-17,19-21H2,1H3,(H,31,36)/t25-,26+/m1/s1. The maximum absolute atomic E-state index is 13.9. The van der Waals surface area contributed by atoms with Crippen LogP contribution in [-0.4, -0.2) is 98.9 Å². The van der Waals surface area contributed by atoms with Gasteiger partial charge in [0.05, 0.1) is 25.9 Å². The molecular formula is C30H40N4O6S. The Hall–Kier alpha value is -2.70. The minimum absolute atomic E-state index is 0.0328. The fourth-order valence-electron chi connectivity index (χ4n) is 6.56. The number of sulfonamides is 1. The van der Waals surface area contributed by atoms with Crippen molar-refractivity contribution in [3.63, 3.8) is 0 Å². The Morgan fingerprint density at radius 3 is 2.54 bits per heavy atom. The molecule has 3 saturated heterocycles. The summed E-state index contributed by atoms with van der Waals surface area (Å²) in [5.41, 5.74) is 2.92. The number of ether oxygens (including phenoxy) is 2. The summed E-state index contributed by atoms with van der Waals surface area (Å²) in [5, 5.41) is 13.8. The zero-order chi connectivity index (χ0) is 28.6. The van der Waals surface area contributed by atoms with Crippen molar-refractivity contribution >= 4 is 21.6 Å². The van der Waals surface area contributed by atoms with Crippen molar-refractivity contribution in [1.29, 1.82) is 0 Å². The Labute approximate surface area is 242 Å². The number of carbonyl (C=O) groups is 1. The van der Waals surface area contributed by atoms with Gasteiger partial charge in [0.25, 0.3) is 0 Å². The van der Waals surface area contributed by atoms with E-state index in [1.807, 2.05) is 6.07 Å². The van der Waals surface area contributed by atoms with E-state index in [2.05, 4.69) is 40.2 Å². The molecule has 2 atom stereocenters. The van der Waals surface area contributed by atoms with E-state index in [1.165, 1.54) is 11.1 Å². The molecule has 4 heterocycles. The van der Waals surface area contributed by atoms with Crippen LogP contribution in [0, 0.1) is 6.92 Å². The number of rotatable bonds is 3. The van der Waals surface area contributed by atoms with E-state index in [1.54, 1.807) is 18.2 Å². The molecule has 2 aromatic carbocycles. The van der Waals surface area contributed by atoms with Crippen molar-refractivity contribution in [2.24, 2.45) is 0 Å². The van der Waals surface area contributed by atoms with Gasteiger partial charge in [-0.3, -0.25) is 9.69 Å². The number of aryl methyl sites for hydroxylation is 1. The summed E-state index contributed by atoms with van der Waals surface area (Å²) < 4.78 is 40.8. The number of aliphatic hydroxyl groups is 1. The van der Waals surface area contributed by atoms with Gasteiger partial charge in [0.15, 0.2) is 0 Å². The van der Waals surface area contributed by atoms with E-state index in [4.69, 9.17) is 9.47 Å². The average Bonchev–Trinajstić information content (AvgIpc) is 3.38. The Balaban J connectivity index is 1.28. The van der Waals surface area contributed by atoms with Crippen molar-refractivity contribution in [2.45, 2.75) is 61.7 Å². The largest absolute Gasteiger partial charge is 0.492 e. The smallest absolute Gasteiger partial charge is 0.247 e. The summed E-state index contributed by atoms with van der Waals surface area (Å²) in [4.78, 5) is 18.3. The first kappa shape index (κ1) is 28.4. The zero-order valence-corrected chi connectivity index (χ0v) is 24.4. The molecule has 2 aromatic rings. The predicted octanol–water partition coefficient (Wildman–Crippen LogP) is 1.89. The monoisotopic (exact) mass is 584 g/mol. The zero-order valence-electron chi connectivity index (χ0n) is 23.6. The number of fused-ring (bicyclic) bond motifs is 2. The maximum atomic E-state index is 13.9. The lowest BCUT2D eigenvalue weighted by molar-refractivity contribution is -0.127. The lowest BCUT2D eigenvalue weighted by Crippen LogP contribution is -2.59. The Bertz CT molecular complexity index is 1370. The van der Waals surface area contributed by atoms with E-state index in [0.29, 0.717) is 32.7 Å². The summed E-state index contributed by atoms with van der Waals surface area (Å²) in [5.74, 6) is -0.0542. The summed E-state index contributed by atoms with van der Waals surface area (Å²) in [6.45, 7) is 7.40. The number of likely N-dealkylation sites (tertiary alicyclic amines) is 1. The second-order valence-corrected chi connectivity index (χ2v) is 13.6. The van der Waals surface area contributed by atoms with E-state index >= 15 is 0 Å². The minimum Gasteiger partial charge on any atom is -0.492 e. The molecule has 0 bridgehead atoms. The molecule has 222 valence electrons. The molecule has 4 aliphatic heterocycles. The van der Waals surface area contributed by atoms with Crippen LogP contribution in [0.4, 0.5) is 5.69 Å². The molecule has 6 rings (SSSR count). The van der Waals surface area contributed by atoms with Crippen LogP contribution >= 0.6 is 0 Å².